The van der Waals surface area contributed by atoms with Crippen LogP contribution in [0.3, 0.4) is 0 Å². The normalized spacial score (nSPS) is 23.6. The molecule has 2 aliphatic heterocycles. The monoisotopic (exact) mass is 557 g/mol. The lowest BCUT2D eigenvalue weighted by molar-refractivity contribution is -0.121. The van der Waals surface area contributed by atoms with E-state index in [0.717, 1.165) is 12.1 Å². The number of carbonyl (C=O) groups excluding carboxylic acids is 1. The second-order valence-corrected chi connectivity index (χ2v) is 12.1. The zero-order valence-electron chi connectivity index (χ0n) is 21.7. The fraction of sp³-hybridized carbons (Fsp3) is 0.429. The molecule has 0 aliphatic carbocycles. The van der Waals surface area contributed by atoms with Crippen molar-refractivity contribution in [3.63, 3.8) is 0 Å². The van der Waals surface area contributed by atoms with Crippen LogP contribution in [0.4, 0.5) is 14.5 Å². The number of nitrogens with one attached hydrogen (secondary N) is 3. The van der Waals surface area contributed by atoms with Crippen LogP contribution in [0.25, 0.3) is 10.9 Å². The number of amides is 1. The first kappa shape index (κ1) is 27.5. The first-order valence-corrected chi connectivity index (χ1v) is 13.1. The highest BCUT2D eigenvalue weighted by Gasteiger charge is 2.56. The Labute approximate surface area is 229 Å². The molecule has 1 aromatic heterocycles. The number of aliphatic hydroxyl groups is 2. The molecule has 0 bridgehead atoms. The second kappa shape index (κ2) is 9.84. The summed E-state index contributed by atoms with van der Waals surface area (Å²) in [6.07, 6.45) is -2.09. The minimum Gasteiger partial charge on any atom is -0.377 e. The Morgan fingerprint density at radius 1 is 1.26 bits per heavy atom. The summed E-state index contributed by atoms with van der Waals surface area (Å²) in [6, 6.07) is 9.07. The molecule has 1 amide bonds. The number of aromatic amines is 1. The molecule has 3 heterocycles. The summed E-state index contributed by atoms with van der Waals surface area (Å²) >= 11 is 6.24. The van der Waals surface area contributed by atoms with E-state index in [2.05, 4.69) is 21.7 Å². The minimum absolute atomic E-state index is 0.0703. The van der Waals surface area contributed by atoms with Gasteiger partial charge in [-0.2, -0.15) is 5.26 Å². The number of fused-ring (bicyclic) bond motifs is 3. The lowest BCUT2D eigenvalue weighted by atomic mass is 9.79. The third-order valence-corrected chi connectivity index (χ3v) is 7.83. The van der Waals surface area contributed by atoms with Crippen molar-refractivity contribution < 1.29 is 23.8 Å². The number of nitrogens with zero attached hydrogens (tertiary/aromatic N) is 2. The average Bonchev–Trinajstić information content (AvgIpc) is 3.52. The van der Waals surface area contributed by atoms with Crippen LogP contribution in [0.15, 0.2) is 36.4 Å². The molecular weight excluding hydrogens is 528 g/mol. The van der Waals surface area contributed by atoms with Gasteiger partial charge in [-0.1, -0.05) is 32.4 Å². The topological polar surface area (TPSA) is 124 Å². The number of hydrogen-bond acceptors (Lipinski definition) is 6. The molecular formula is C28H30ClF2N5O3. The summed E-state index contributed by atoms with van der Waals surface area (Å²) in [5.41, 5.74) is 0.312. The maximum Gasteiger partial charge on any atom is 0.236 e. The molecule has 1 saturated heterocycles. The minimum atomic E-state index is -1.37. The quantitative estimate of drug-likeness (QED) is 0.288. The Bertz CT molecular complexity index is 1480. The van der Waals surface area contributed by atoms with Crippen LogP contribution in [-0.2, 0) is 10.2 Å². The van der Waals surface area contributed by atoms with Crippen molar-refractivity contribution in [3.8, 4) is 6.07 Å². The first-order valence-electron chi connectivity index (χ1n) is 12.7. The van der Waals surface area contributed by atoms with Crippen LogP contribution in [0.2, 0.25) is 5.02 Å². The molecule has 2 aromatic carbocycles. The molecule has 206 valence electrons. The summed E-state index contributed by atoms with van der Waals surface area (Å²) in [4.78, 5) is 17.6. The van der Waals surface area contributed by atoms with Crippen LogP contribution in [0, 0.1) is 28.4 Å². The number of anilines is 1. The number of rotatable bonds is 6. The van der Waals surface area contributed by atoms with Crippen LogP contribution >= 0.6 is 11.6 Å². The van der Waals surface area contributed by atoms with Gasteiger partial charge < -0.3 is 20.5 Å². The van der Waals surface area contributed by atoms with E-state index in [0.29, 0.717) is 22.7 Å². The second-order valence-electron chi connectivity index (χ2n) is 11.7. The highest BCUT2D eigenvalue weighted by atomic mass is 35.5. The van der Waals surface area contributed by atoms with Crippen LogP contribution in [0.1, 0.15) is 51.1 Å². The molecule has 8 nitrogen and oxygen atoms in total. The molecule has 3 unspecified atom stereocenters. The first-order chi connectivity index (χ1) is 18.3. The summed E-state index contributed by atoms with van der Waals surface area (Å²) in [5.74, 6) is -1.77. The fourth-order valence-electron chi connectivity index (χ4n) is 5.84. The molecule has 1 fully saturated rings. The largest absolute Gasteiger partial charge is 0.377 e. The summed E-state index contributed by atoms with van der Waals surface area (Å²) in [5, 5.41) is 39.2. The lowest BCUT2D eigenvalue weighted by Crippen LogP contribution is -2.54. The van der Waals surface area contributed by atoms with Gasteiger partial charge in [-0.25, -0.2) is 8.78 Å². The number of H-pyrrole nitrogens is 1. The number of aliphatic hydroxyl groups excluding tert-OH is 2. The Morgan fingerprint density at radius 2 is 2.00 bits per heavy atom. The Balaban J connectivity index is 1.44. The molecule has 11 heteroatoms. The van der Waals surface area contributed by atoms with E-state index in [1.54, 1.807) is 23.1 Å². The highest BCUT2D eigenvalue weighted by Crippen LogP contribution is 2.48. The molecule has 39 heavy (non-hydrogen) atoms. The van der Waals surface area contributed by atoms with Gasteiger partial charge in [0.15, 0.2) is 0 Å². The standard InChI is InChI=1S/C28H30ClF2N5O3/c1-27(2,3)11-23(34-24(37)22-9-17-19(31)7-15(30)8-21(17)33-22)25(38)36-13-28(10-16(36)12-32)18-6-14(29)4-5-20(18)35-26(28)39/h4-9,16,23-25,33-34,37-38H,10-11,13H2,1-3H3,(H,35,39)/t16-,23?,24?,25?,28-/m0/s1. The summed E-state index contributed by atoms with van der Waals surface area (Å²) in [6.45, 7) is 5.98. The van der Waals surface area contributed by atoms with Gasteiger partial charge in [0.1, 0.15) is 30.1 Å². The van der Waals surface area contributed by atoms with E-state index in [4.69, 9.17) is 11.6 Å². The number of carbonyl (C=O) groups is 1. The van der Waals surface area contributed by atoms with Crippen molar-refractivity contribution in [3.05, 3.63) is 64.3 Å². The van der Waals surface area contributed by atoms with Gasteiger partial charge in [0, 0.05) is 34.7 Å². The molecule has 5 rings (SSSR count). The number of hydrogen-bond donors (Lipinski definition) is 5. The van der Waals surface area contributed by atoms with Crippen LogP contribution < -0.4 is 10.6 Å². The number of halogens is 3. The van der Waals surface area contributed by atoms with Crippen molar-refractivity contribution in [1.29, 1.82) is 5.26 Å². The van der Waals surface area contributed by atoms with E-state index in [1.807, 2.05) is 20.8 Å². The van der Waals surface area contributed by atoms with Gasteiger partial charge in [-0.05, 0) is 54.2 Å². The molecule has 2 aliphatic rings. The fourth-order valence-corrected chi connectivity index (χ4v) is 6.01. The lowest BCUT2D eigenvalue weighted by Gasteiger charge is -2.37. The number of nitriles is 1. The predicted molar refractivity (Wildman–Crippen MR) is 143 cm³/mol. The molecule has 3 aromatic rings. The molecule has 5 atom stereocenters. The summed E-state index contributed by atoms with van der Waals surface area (Å²) in [7, 11) is 0. The van der Waals surface area contributed by atoms with E-state index in [-0.39, 0.29) is 40.9 Å². The number of likely N-dealkylation sites (tertiary alicyclic amines) is 1. The van der Waals surface area contributed by atoms with Crippen molar-refractivity contribution in [2.24, 2.45) is 5.41 Å². The summed E-state index contributed by atoms with van der Waals surface area (Å²) < 4.78 is 27.9. The van der Waals surface area contributed by atoms with Crippen LogP contribution in [0.5, 0.6) is 0 Å². The average molecular weight is 558 g/mol. The maximum absolute atomic E-state index is 14.3. The van der Waals surface area contributed by atoms with Crippen molar-refractivity contribution in [2.75, 3.05) is 11.9 Å². The number of aromatic nitrogens is 1. The van der Waals surface area contributed by atoms with Crippen LogP contribution in [-0.4, -0.2) is 50.9 Å². The van der Waals surface area contributed by atoms with Gasteiger partial charge in [-0.3, -0.25) is 15.0 Å². The third-order valence-electron chi connectivity index (χ3n) is 7.60. The van der Waals surface area contributed by atoms with E-state index in [1.165, 1.54) is 6.07 Å². The van der Waals surface area contributed by atoms with Gasteiger partial charge in [0.25, 0.3) is 0 Å². The zero-order valence-corrected chi connectivity index (χ0v) is 22.5. The molecule has 5 N–H and O–H groups in total. The number of benzene rings is 2. The smallest absolute Gasteiger partial charge is 0.236 e. The van der Waals surface area contributed by atoms with Gasteiger partial charge in [0.05, 0.1) is 22.7 Å². The zero-order chi connectivity index (χ0) is 28.3. The van der Waals surface area contributed by atoms with E-state index >= 15 is 0 Å². The molecule has 0 saturated carbocycles. The predicted octanol–water partition coefficient (Wildman–Crippen LogP) is 4.29. The molecule has 0 radical (unpaired) electrons. The van der Waals surface area contributed by atoms with Gasteiger partial charge in [0.2, 0.25) is 5.91 Å². The maximum atomic E-state index is 14.3. The highest BCUT2D eigenvalue weighted by molar-refractivity contribution is 6.31. The van der Waals surface area contributed by atoms with Crippen molar-refractivity contribution in [1.82, 2.24) is 15.2 Å². The SMILES string of the molecule is CC(C)(C)CC(NC(O)c1cc2c(F)cc(F)cc2[nH]1)C(O)N1C[C@]2(C[C@H]1C#N)C(=O)Nc1ccc(Cl)cc12. The third kappa shape index (κ3) is 5.01. The van der Waals surface area contributed by atoms with Crippen molar-refractivity contribution in [2.45, 2.75) is 63.6 Å². The van der Waals surface area contributed by atoms with Gasteiger partial charge in [-0.15, -0.1) is 0 Å². The van der Waals surface area contributed by atoms with E-state index in [9.17, 15) is 29.1 Å². The Kier molecular flexibility index (Phi) is 6.94. The van der Waals surface area contributed by atoms with E-state index < -0.39 is 41.6 Å². The molecule has 1 spiro atoms. The Morgan fingerprint density at radius 3 is 2.69 bits per heavy atom. The Hall–Kier alpha value is -3.07. The van der Waals surface area contributed by atoms with Crippen molar-refractivity contribution >= 4 is 34.1 Å². The van der Waals surface area contributed by atoms with Gasteiger partial charge >= 0.3 is 0 Å².